The van der Waals surface area contributed by atoms with Crippen LogP contribution in [0.15, 0.2) is 17.1 Å². The lowest BCUT2D eigenvalue weighted by molar-refractivity contribution is -0.0592. The number of ether oxygens (including phenoxy) is 2. The molecule has 2 heterocycles. The van der Waals surface area contributed by atoms with E-state index in [2.05, 4.69) is 25.8 Å². The number of methoxy groups -OCH3 is 1. The third-order valence-corrected chi connectivity index (χ3v) is 5.91. The van der Waals surface area contributed by atoms with Crippen LogP contribution in [0, 0.1) is 5.41 Å². The van der Waals surface area contributed by atoms with Gasteiger partial charge >= 0.3 is 12.4 Å². The Balaban J connectivity index is 2.41. The van der Waals surface area contributed by atoms with Crippen molar-refractivity contribution in [3.8, 4) is 0 Å². The normalized spacial score (nSPS) is 27.7. The molecule has 0 spiro atoms. The van der Waals surface area contributed by atoms with Crippen LogP contribution in [-0.2, 0) is 30.3 Å². The number of aromatic nitrogens is 2. The van der Waals surface area contributed by atoms with Crippen molar-refractivity contribution in [1.82, 2.24) is 9.55 Å². The lowest BCUT2D eigenvalue weighted by Gasteiger charge is -2.32. The van der Waals surface area contributed by atoms with Crippen LogP contribution in [0.4, 0.5) is 5.82 Å². The number of hydrogen-bond acceptors (Lipinski definition) is 8. The predicted octanol–water partition coefficient (Wildman–Crippen LogP) is 2.59. The molecule has 1 aliphatic rings. The minimum Gasteiger partial charge on any atom is -0.383 e. The Hall–Kier alpha value is -0.870. The van der Waals surface area contributed by atoms with Crippen LogP contribution in [0.25, 0.3) is 0 Å². The van der Waals surface area contributed by atoms with Gasteiger partial charge in [0.05, 0.1) is 11.7 Å². The Bertz CT molecular complexity index is 819. The molecule has 166 valence electrons. The van der Waals surface area contributed by atoms with Crippen LogP contribution < -0.4 is 11.4 Å². The van der Waals surface area contributed by atoms with Gasteiger partial charge in [-0.15, -0.1) is 0 Å². The number of nitrogens with zero attached hydrogens (tertiary/aromatic N) is 2. The average molecular weight is 450 g/mol. The Morgan fingerprint density at radius 1 is 1.31 bits per heavy atom. The Morgan fingerprint density at radius 3 is 2.41 bits per heavy atom. The first kappa shape index (κ1) is 24.4. The molecular weight excluding hydrogens is 417 g/mol. The third-order valence-electron chi connectivity index (χ3n) is 4.14. The molecule has 0 radical (unpaired) electrons. The second-order valence-corrected chi connectivity index (χ2v) is 12.0. The summed E-state index contributed by atoms with van der Waals surface area (Å²) in [4.78, 5) is 26.8. The summed E-state index contributed by atoms with van der Waals surface area (Å²) >= 11 is 5.24. The molecule has 11 heteroatoms. The molecule has 2 unspecified atom stereocenters. The molecule has 1 saturated heterocycles. The highest BCUT2D eigenvalue weighted by molar-refractivity contribution is 8.07. The van der Waals surface area contributed by atoms with Gasteiger partial charge in [0, 0.05) is 13.3 Å². The molecular formula is C18H32N3O6PS. The molecule has 0 bridgehead atoms. The predicted molar refractivity (Wildman–Crippen MR) is 114 cm³/mol. The molecule has 9 nitrogen and oxygen atoms in total. The van der Waals surface area contributed by atoms with Crippen molar-refractivity contribution in [2.75, 3.05) is 12.8 Å². The van der Waals surface area contributed by atoms with Crippen molar-refractivity contribution in [2.24, 2.45) is 5.41 Å². The zero-order valence-corrected chi connectivity index (χ0v) is 19.7. The van der Waals surface area contributed by atoms with Crippen molar-refractivity contribution in [3.05, 3.63) is 22.7 Å². The van der Waals surface area contributed by atoms with E-state index in [0.717, 1.165) is 0 Å². The lowest BCUT2D eigenvalue weighted by atomic mass is 9.87. The van der Waals surface area contributed by atoms with E-state index in [9.17, 15) is 9.69 Å². The van der Waals surface area contributed by atoms with E-state index >= 15 is 0 Å². The number of rotatable bonds is 6. The van der Waals surface area contributed by atoms with Crippen molar-refractivity contribution in [3.63, 3.8) is 0 Å². The van der Waals surface area contributed by atoms with Crippen LogP contribution in [0.1, 0.15) is 54.2 Å². The Morgan fingerprint density at radius 2 is 1.93 bits per heavy atom. The quantitative estimate of drug-likeness (QED) is 0.632. The second-order valence-electron chi connectivity index (χ2n) is 9.31. The smallest absolute Gasteiger partial charge is 0.351 e. The van der Waals surface area contributed by atoms with Gasteiger partial charge in [0.15, 0.2) is 6.23 Å². The third kappa shape index (κ3) is 6.82. The minimum absolute atomic E-state index is 0.113. The highest BCUT2D eigenvalue weighted by atomic mass is 32.5. The van der Waals surface area contributed by atoms with E-state index in [1.54, 1.807) is 20.8 Å². The van der Waals surface area contributed by atoms with Gasteiger partial charge in [0.25, 0.3) is 0 Å². The summed E-state index contributed by atoms with van der Waals surface area (Å²) in [6.45, 7) is 7.90. The van der Waals surface area contributed by atoms with Gasteiger partial charge in [0.2, 0.25) is 0 Å². The molecule has 2 rings (SSSR count). The van der Waals surface area contributed by atoms with Crippen LogP contribution in [0.2, 0.25) is 0 Å². The molecule has 29 heavy (non-hydrogen) atoms. The molecule has 0 amide bonds. The Labute approximate surface area is 176 Å². The topological polar surface area (TPSA) is 118 Å². The van der Waals surface area contributed by atoms with Gasteiger partial charge in [-0.05, 0) is 50.5 Å². The second kappa shape index (κ2) is 8.70. The summed E-state index contributed by atoms with van der Waals surface area (Å²) in [6.07, 6.45) is -0.695. The van der Waals surface area contributed by atoms with Crippen LogP contribution in [0.5, 0.6) is 0 Å². The fraction of sp³-hybridized carbons (Fsp3) is 0.778. The monoisotopic (exact) mass is 449 g/mol. The Kier molecular flexibility index (Phi) is 7.32. The molecule has 3 N–H and O–H groups in total. The van der Waals surface area contributed by atoms with Crippen molar-refractivity contribution in [2.45, 2.75) is 78.1 Å². The molecule has 1 aromatic heterocycles. The number of anilines is 1. The van der Waals surface area contributed by atoms with Gasteiger partial charge in [-0.25, -0.2) is 4.79 Å². The molecule has 0 aliphatic carbocycles. The van der Waals surface area contributed by atoms with Crippen molar-refractivity contribution < 1.29 is 23.4 Å². The standard InChI is InChI=1S/C18H32N3O6PS/c1-17(2,3)10-11-13(26-28(23,29)27-18(4,5)6)14(24-7)15(25-11)21-9-8-12(19)20-16(21)22/h8-9,11,13-15H,10H2,1-7H3,(H,23,29)(H2,19,20,22)/t11-,13?,14+,15-,28?/m1/s1. The minimum atomic E-state index is -3.60. The van der Waals surface area contributed by atoms with E-state index in [0.29, 0.717) is 6.42 Å². The lowest BCUT2D eigenvalue weighted by Crippen LogP contribution is -2.39. The first-order valence-electron chi connectivity index (χ1n) is 9.37. The van der Waals surface area contributed by atoms with Gasteiger partial charge in [0.1, 0.15) is 18.0 Å². The van der Waals surface area contributed by atoms with Gasteiger partial charge < -0.3 is 24.6 Å². The zero-order valence-electron chi connectivity index (χ0n) is 18.0. The van der Waals surface area contributed by atoms with Crippen LogP contribution in [-0.4, -0.2) is 45.5 Å². The van der Waals surface area contributed by atoms with Crippen LogP contribution in [0.3, 0.4) is 0 Å². The van der Waals surface area contributed by atoms with Crippen molar-refractivity contribution in [1.29, 1.82) is 0 Å². The summed E-state index contributed by atoms with van der Waals surface area (Å²) in [5, 5.41) is 0. The van der Waals surface area contributed by atoms with E-state index in [1.807, 2.05) is 0 Å². The maximum atomic E-state index is 12.4. The van der Waals surface area contributed by atoms with E-state index in [1.165, 1.54) is 23.9 Å². The van der Waals surface area contributed by atoms with Crippen LogP contribution >= 0.6 is 6.72 Å². The van der Waals surface area contributed by atoms with Crippen molar-refractivity contribution >= 4 is 24.3 Å². The molecule has 0 saturated carbocycles. The molecule has 1 fully saturated rings. The zero-order chi connectivity index (χ0) is 22.2. The first-order valence-corrected chi connectivity index (χ1v) is 12.0. The van der Waals surface area contributed by atoms with E-state index in [4.69, 9.17) is 36.1 Å². The molecule has 1 aromatic rings. The number of nitrogens with two attached hydrogens (primary N) is 1. The molecule has 1 aliphatic heterocycles. The van der Waals surface area contributed by atoms with E-state index < -0.39 is 42.5 Å². The summed E-state index contributed by atoms with van der Waals surface area (Å²) < 4.78 is 24.6. The highest BCUT2D eigenvalue weighted by Gasteiger charge is 2.50. The first-order chi connectivity index (χ1) is 13.1. The fourth-order valence-electron chi connectivity index (χ4n) is 3.22. The summed E-state index contributed by atoms with van der Waals surface area (Å²) in [6, 6.07) is 1.50. The molecule has 0 aromatic carbocycles. The maximum Gasteiger partial charge on any atom is 0.351 e. The largest absolute Gasteiger partial charge is 0.383 e. The molecule has 5 atom stereocenters. The van der Waals surface area contributed by atoms with Gasteiger partial charge in [-0.3, -0.25) is 9.09 Å². The highest BCUT2D eigenvalue weighted by Crippen LogP contribution is 2.52. The maximum absolute atomic E-state index is 12.4. The SMILES string of the molecule is CO[C@H]1C(OP(O)(=S)OC(C)(C)C)[C@@H](CC(C)(C)C)O[C@H]1n1ccc(N)nc1=O. The summed E-state index contributed by atoms with van der Waals surface area (Å²) in [5.41, 5.74) is 4.22. The summed E-state index contributed by atoms with van der Waals surface area (Å²) in [7, 11) is 1.48. The van der Waals surface area contributed by atoms with Gasteiger partial charge in [-0.1, -0.05) is 20.8 Å². The van der Waals surface area contributed by atoms with Gasteiger partial charge in [-0.2, -0.15) is 4.98 Å². The number of nitrogen functional groups attached to an aromatic ring is 1. The fourth-order valence-corrected chi connectivity index (χ4v) is 5.49. The average Bonchev–Trinajstić information content (AvgIpc) is 2.79. The van der Waals surface area contributed by atoms with E-state index in [-0.39, 0.29) is 11.2 Å². The number of hydrogen-bond donors (Lipinski definition) is 2. The summed E-state index contributed by atoms with van der Waals surface area (Å²) in [5.74, 6) is 0.113.